The van der Waals surface area contributed by atoms with Gasteiger partial charge in [0.25, 0.3) is 10.2 Å². The highest BCUT2D eigenvalue weighted by Crippen LogP contribution is 2.21. The van der Waals surface area contributed by atoms with Crippen LogP contribution in [-0.2, 0) is 10.2 Å². The molecular weight excluding hydrogens is 324 g/mol. The zero-order valence-corrected chi connectivity index (χ0v) is 12.0. The molecule has 0 unspecified atom stereocenters. The van der Waals surface area contributed by atoms with Crippen molar-refractivity contribution in [1.82, 2.24) is 4.72 Å². The van der Waals surface area contributed by atoms with E-state index in [2.05, 4.69) is 25.4 Å². The van der Waals surface area contributed by atoms with Crippen LogP contribution in [0.25, 0.3) is 0 Å². The Labute approximate surface area is 114 Å². The summed E-state index contributed by atoms with van der Waals surface area (Å²) in [7, 11) is -3.74. The maximum Gasteiger partial charge on any atom is 0.337 e. The third kappa shape index (κ3) is 4.28. The number of anilines is 1. The molecule has 1 aromatic rings. The highest BCUT2D eigenvalue weighted by molar-refractivity contribution is 9.10. The number of halogens is 1. The lowest BCUT2D eigenvalue weighted by Crippen LogP contribution is -2.31. The summed E-state index contributed by atoms with van der Waals surface area (Å²) in [6.45, 7) is 2.11. The zero-order chi connectivity index (χ0) is 13.8. The monoisotopic (exact) mass is 336 g/mol. The third-order valence-corrected chi connectivity index (χ3v) is 3.56. The third-order valence-electron chi connectivity index (χ3n) is 2.00. The van der Waals surface area contributed by atoms with E-state index in [4.69, 9.17) is 5.11 Å². The van der Waals surface area contributed by atoms with Gasteiger partial charge in [-0.15, -0.1) is 0 Å². The molecule has 0 aromatic heterocycles. The molecule has 0 atom stereocenters. The van der Waals surface area contributed by atoms with Crippen molar-refractivity contribution in [2.45, 2.75) is 13.3 Å². The summed E-state index contributed by atoms with van der Waals surface area (Å²) in [4.78, 5) is 11.0. The Hall–Kier alpha value is -1.12. The molecular formula is C10H13BrN2O4S. The van der Waals surface area contributed by atoms with Crippen LogP contribution in [0.2, 0.25) is 0 Å². The highest BCUT2D eigenvalue weighted by Gasteiger charge is 2.15. The van der Waals surface area contributed by atoms with Crippen molar-refractivity contribution in [3.05, 3.63) is 28.2 Å². The Morgan fingerprint density at radius 3 is 2.67 bits per heavy atom. The molecule has 18 heavy (non-hydrogen) atoms. The SMILES string of the molecule is CCCNS(=O)(=O)Nc1ccc(Br)cc1C(=O)O. The predicted octanol–water partition coefficient (Wildman–Crippen LogP) is 1.80. The van der Waals surface area contributed by atoms with E-state index in [9.17, 15) is 13.2 Å². The van der Waals surface area contributed by atoms with Gasteiger partial charge in [-0.25, -0.2) is 4.79 Å². The lowest BCUT2D eigenvalue weighted by Gasteiger charge is -2.11. The summed E-state index contributed by atoms with van der Waals surface area (Å²) in [5.74, 6) is -1.20. The van der Waals surface area contributed by atoms with Gasteiger partial charge in [0.05, 0.1) is 11.3 Å². The van der Waals surface area contributed by atoms with Crippen molar-refractivity contribution in [3.63, 3.8) is 0 Å². The molecule has 0 fully saturated rings. The van der Waals surface area contributed by atoms with Crippen molar-refractivity contribution in [1.29, 1.82) is 0 Å². The van der Waals surface area contributed by atoms with E-state index in [0.29, 0.717) is 10.9 Å². The number of carboxylic acid groups (broad SMARTS) is 1. The molecule has 0 heterocycles. The molecule has 0 aliphatic carbocycles. The van der Waals surface area contributed by atoms with Crippen molar-refractivity contribution in [2.75, 3.05) is 11.3 Å². The van der Waals surface area contributed by atoms with E-state index >= 15 is 0 Å². The van der Waals surface area contributed by atoms with Crippen LogP contribution in [0.1, 0.15) is 23.7 Å². The lowest BCUT2D eigenvalue weighted by molar-refractivity contribution is 0.0698. The average Bonchev–Trinajstić information content (AvgIpc) is 2.28. The van der Waals surface area contributed by atoms with Crippen LogP contribution >= 0.6 is 15.9 Å². The second-order valence-corrected chi connectivity index (χ2v) is 5.91. The second kappa shape index (κ2) is 6.17. The van der Waals surface area contributed by atoms with Gasteiger partial charge >= 0.3 is 5.97 Å². The standard InChI is InChI=1S/C10H13BrN2O4S/c1-2-5-12-18(16,17)13-9-4-3-7(11)6-8(9)10(14)15/h3-4,6,12-13H,2,5H2,1H3,(H,14,15). The van der Waals surface area contributed by atoms with Gasteiger partial charge in [0.15, 0.2) is 0 Å². The van der Waals surface area contributed by atoms with Crippen molar-refractivity contribution >= 4 is 37.8 Å². The first-order chi connectivity index (χ1) is 8.35. The van der Waals surface area contributed by atoms with Gasteiger partial charge < -0.3 is 5.11 Å². The summed E-state index contributed by atoms with van der Waals surface area (Å²) < 4.78 is 28.2. The van der Waals surface area contributed by atoms with Gasteiger partial charge in [-0.2, -0.15) is 13.1 Å². The van der Waals surface area contributed by atoms with E-state index < -0.39 is 16.2 Å². The predicted molar refractivity (Wildman–Crippen MR) is 71.9 cm³/mol. The number of hydrogen-bond acceptors (Lipinski definition) is 3. The van der Waals surface area contributed by atoms with Gasteiger partial charge in [-0.3, -0.25) is 4.72 Å². The number of benzene rings is 1. The molecule has 0 aliphatic rings. The highest BCUT2D eigenvalue weighted by atomic mass is 79.9. The van der Waals surface area contributed by atoms with E-state index in [-0.39, 0.29) is 17.8 Å². The number of hydrogen-bond donors (Lipinski definition) is 3. The summed E-state index contributed by atoms with van der Waals surface area (Å²) in [6, 6.07) is 4.28. The van der Waals surface area contributed by atoms with E-state index in [0.717, 1.165) is 0 Å². The molecule has 1 rings (SSSR count). The normalized spacial score (nSPS) is 11.2. The average molecular weight is 337 g/mol. The Morgan fingerprint density at radius 2 is 2.11 bits per heavy atom. The Kier molecular flexibility index (Phi) is 5.12. The van der Waals surface area contributed by atoms with Crippen LogP contribution in [-0.4, -0.2) is 26.0 Å². The Balaban J connectivity index is 3.01. The molecule has 0 saturated heterocycles. The number of rotatable bonds is 6. The lowest BCUT2D eigenvalue weighted by atomic mass is 10.2. The van der Waals surface area contributed by atoms with Gasteiger partial charge in [0.2, 0.25) is 0 Å². The fourth-order valence-electron chi connectivity index (χ4n) is 1.20. The molecule has 3 N–H and O–H groups in total. The fourth-order valence-corrected chi connectivity index (χ4v) is 2.57. The zero-order valence-electron chi connectivity index (χ0n) is 9.60. The molecule has 6 nitrogen and oxygen atoms in total. The summed E-state index contributed by atoms with van der Waals surface area (Å²) >= 11 is 3.13. The fraction of sp³-hybridized carbons (Fsp3) is 0.300. The minimum Gasteiger partial charge on any atom is -0.478 e. The number of nitrogens with one attached hydrogen (secondary N) is 2. The largest absolute Gasteiger partial charge is 0.478 e. The van der Waals surface area contributed by atoms with E-state index in [1.54, 1.807) is 6.07 Å². The number of carbonyl (C=O) groups is 1. The minimum absolute atomic E-state index is 0.0225. The minimum atomic E-state index is -3.74. The topological polar surface area (TPSA) is 95.5 Å². The van der Waals surface area contributed by atoms with Crippen LogP contribution in [0.5, 0.6) is 0 Å². The molecule has 0 aliphatic heterocycles. The van der Waals surface area contributed by atoms with Crippen molar-refractivity contribution < 1.29 is 18.3 Å². The van der Waals surface area contributed by atoms with Gasteiger partial charge in [-0.1, -0.05) is 22.9 Å². The van der Waals surface area contributed by atoms with Gasteiger partial charge in [-0.05, 0) is 24.6 Å². The van der Waals surface area contributed by atoms with Crippen LogP contribution in [0, 0.1) is 0 Å². The summed E-state index contributed by atoms with van der Waals surface area (Å²) in [5, 5.41) is 8.99. The molecule has 0 spiro atoms. The quantitative estimate of drug-likeness (QED) is 0.738. The first-order valence-electron chi connectivity index (χ1n) is 5.16. The summed E-state index contributed by atoms with van der Waals surface area (Å²) in [5.41, 5.74) is -0.0967. The smallest absolute Gasteiger partial charge is 0.337 e. The first-order valence-corrected chi connectivity index (χ1v) is 7.43. The molecule has 100 valence electrons. The molecule has 0 radical (unpaired) electrons. The van der Waals surface area contributed by atoms with Crippen LogP contribution in [0.3, 0.4) is 0 Å². The summed E-state index contributed by atoms with van der Waals surface area (Å²) in [6.07, 6.45) is 0.646. The number of carboxylic acids is 1. The molecule has 8 heteroatoms. The first kappa shape index (κ1) is 14.9. The van der Waals surface area contributed by atoms with Crippen molar-refractivity contribution in [3.8, 4) is 0 Å². The van der Waals surface area contributed by atoms with Gasteiger partial charge in [0.1, 0.15) is 0 Å². The Bertz CT molecular complexity index is 545. The molecule has 0 amide bonds. The van der Waals surface area contributed by atoms with E-state index in [1.165, 1.54) is 12.1 Å². The number of aromatic carboxylic acids is 1. The molecule has 0 bridgehead atoms. The van der Waals surface area contributed by atoms with Gasteiger partial charge in [0, 0.05) is 11.0 Å². The van der Waals surface area contributed by atoms with Crippen LogP contribution in [0.15, 0.2) is 22.7 Å². The Morgan fingerprint density at radius 1 is 1.44 bits per heavy atom. The van der Waals surface area contributed by atoms with Crippen LogP contribution < -0.4 is 9.44 Å². The maximum atomic E-state index is 11.6. The molecule has 0 saturated carbocycles. The maximum absolute atomic E-state index is 11.6. The van der Waals surface area contributed by atoms with Crippen LogP contribution in [0.4, 0.5) is 5.69 Å². The van der Waals surface area contributed by atoms with E-state index in [1.807, 2.05) is 6.92 Å². The second-order valence-electron chi connectivity index (χ2n) is 3.49. The molecule has 1 aromatic carbocycles. The van der Waals surface area contributed by atoms with Crippen molar-refractivity contribution in [2.24, 2.45) is 0 Å².